The molecular formula is C31H33Cl2N3O5S. The van der Waals surface area contributed by atoms with Gasteiger partial charge in [-0.3, -0.25) is 14.6 Å². The fourth-order valence-electron chi connectivity index (χ4n) is 6.32. The number of piperidine rings is 1. The summed E-state index contributed by atoms with van der Waals surface area (Å²) in [4.78, 5) is 29.3. The number of benzene rings is 2. The van der Waals surface area contributed by atoms with Gasteiger partial charge in [-0.25, -0.2) is 13.1 Å². The van der Waals surface area contributed by atoms with Crippen molar-refractivity contribution in [3.63, 3.8) is 0 Å². The van der Waals surface area contributed by atoms with Crippen LogP contribution in [0.1, 0.15) is 61.6 Å². The Labute approximate surface area is 255 Å². The summed E-state index contributed by atoms with van der Waals surface area (Å²) < 4.78 is 30.6. The molecule has 1 amide bonds. The molecule has 2 aromatic carbocycles. The maximum atomic E-state index is 13.8. The average molecular weight is 631 g/mol. The highest BCUT2D eigenvalue weighted by atomic mass is 35.5. The minimum atomic E-state index is -3.88. The van der Waals surface area contributed by atoms with Crippen LogP contribution in [0.2, 0.25) is 10.0 Å². The van der Waals surface area contributed by atoms with Crippen molar-refractivity contribution in [2.45, 2.75) is 62.3 Å². The largest absolute Gasteiger partial charge is 0.481 e. The van der Waals surface area contributed by atoms with E-state index in [2.05, 4.69) is 15.0 Å². The number of carbonyl (C=O) groups excluding carboxylic acids is 1. The number of carboxylic acid groups (broad SMARTS) is 1. The number of hydrogen-bond donors (Lipinski definition) is 3. The van der Waals surface area contributed by atoms with Gasteiger partial charge < -0.3 is 10.4 Å². The normalized spacial score (nSPS) is 24.0. The zero-order valence-corrected chi connectivity index (χ0v) is 25.4. The van der Waals surface area contributed by atoms with Crippen molar-refractivity contribution >= 4 is 45.1 Å². The van der Waals surface area contributed by atoms with E-state index in [1.54, 1.807) is 43.5 Å². The van der Waals surface area contributed by atoms with E-state index in [0.29, 0.717) is 15.6 Å². The van der Waals surface area contributed by atoms with Crippen LogP contribution in [0.25, 0.3) is 0 Å². The van der Waals surface area contributed by atoms with Gasteiger partial charge in [0.1, 0.15) is 0 Å². The Morgan fingerprint density at radius 3 is 2.48 bits per heavy atom. The van der Waals surface area contributed by atoms with Crippen molar-refractivity contribution < 1.29 is 23.1 Å². The molecule has 3 N–H and O–H groups in total. The van der Waals surface area contributed by atoms with Gasteiger partial charge in [0, 0.05) is 34.4 Å². The van der Waals surface area contributed by atoms with Crippen molar-refractivity contribution in [3.8, 4) is 0 Å². The van der Waals surface area contributed by atoms with Gasteiger partial charge >= 0.3 is 5.97 Å². The maximum Gasteiger partial charge on any atom is 0.304 e. The summed E-state index contributed by atoms with van der Waals surface area (Å²) in [6.45, 7) is 1.66. The molecule has 0 radical (unpaired) electrons. The number of sulfonamides is 1. The third-order valence-corrected chi connectivity index (χ3v) is 10.3. The van der Waals surface area contributed by atoms with E-state index in [1.807, 2.05) is 30.3 Å². The summed E-state index contributed by atoms with van der Waals surface area (Å²) >= 11 is 12.6. The van der Waals surface area contributed by atoms with Gasteiger partial charge in [0.2, 0.25) is 15.9 Å². The summed E-state index contributed by atoms with van der Waals surface area (Å²) in [5.74, 6) is -2.03. The summed E-state index contributed by atoms with van der Waals surface area (Å²) in [5, 5.41) is 13.8. The molecule has 1 aliphatic heterocycles. The lowest BCUT2D eigenvalue weighted by atomic mass is 9.66. The van der Waals surface area contributed by atoms with Crippen LogP contribution in [-0.4, -0.2) is 36.4 Å². The van der Waals surface area contributed by atoms with Gasteiger partial charge in [-0.1, -0.05) is 60.5 Å². The van der Waals surface area contributed by atoms with Crippen molar-refractivity contribution in [1.29, 1.82) is 0 Å². The minimum Gasteiger partial charge on any atom is -0.481 e. The number of halogens is 2. The fraction of sp³-hybridized carbons (Fsp3) is 0.387. The number of rotatable bonds is 11. The first-order valence-electron chi connectivity index (χ1n) is 13.8. The zero-order chi connectivity index (χ0) is 30.1. The molecule has 2 fully saturated rings. The van der Waals surface area contributed by atoms with Gasteiger partial charge in [0.25, 0.3) is 0 Å². The second kappa shape index (κ2) is 12.0. The lowest BCUT2D eigenvalue weighted by Gasteiger charge is -2.46. The molecule has 3 aromatic rings. The standard InChI is InChI=1S/C31H33Cl2N3O5S/c1-30(17-28(37)38)15-26(21-5-2-6-25(33)14-21)27(35-29(30)39)16-31(22-7-8-22,23-9-11-24(32)12-10-23)36-42(40,41)19-20-4-3-13-34-18-20/h2-6,9-14,18,22,26-27,36H,7-8,15-17,19H2,1H3,(H,35,39)(H,37,38). The predicted octanol–water partition coefficient (Wildman–Crippen LogP) is 5.66. The second-order valence-corrected chi connectivity index (χ2v) is 14.4. The monoisotopic (exact) mass is 629 g/mol. The molecule has 0 bridgehead atoms. The number of amides is 1. The highest BCUT2D eigenvalue weighted by Crippen LogP contribution is 2.52. The summed E-state index contributed by atoms with van der Waals surface area (Å²) in [6, 6.07) is 17.4. The summed E-state index contributed by atoms with van der Waals surface area (Å²) in [5.41, 5.74) is -0.0539. The Balaban J connectivity index is 1.58. The molecular weight excluding hydrogens is 597 g/mol. The quantitative estimate of drug-likeness (QED) is 0.251. The summed E-state index contributed by atoms with van der Waals surface area (Å²) in [6.07, 6.45) is 4.91. The van der Waals surface area contributed by atoms with Crippen LogP contribution in [0.3, 0.4) is 0 Å². The maximum absolute atomic E-state index is 13.8. The molecule has 8 nitrogen and oxygen atoms in total. The molecule has 0 spiro atoms. The second-order valence-electron chi connectivity index (χ2n) is 11.8. The molecule has 1 aliphatic carbocycles. The van der Waals surface area contributed by atoms with Crippen LogP contribution in [0.5, 0.6) is 0 Å². The smallest absolute Gasteiger partial charge is 0.304 e. The Morgan fingerprint density at radius 1 is 1.12 bits per heavy atom. The van der Waals surface area contributed by atoms with E-state index in [0.717, 1.165) is 24.0 Å². The molecule has 1 saturated carbocycles. The number of carboxylic acids is 1. The molecule has 4 atom stereocenters. The number of aromatic nitrogens is 1. The van der Waals surface area contributed by atoms with E-state index in [-0.39, 0.29) is 42.8 Å². The SMILES string of the molecule is CC1(CC(=O)O)CC(c2cccc(Cl)c2)C(CC(NS(=O)(=O)Cc2cccnc2)(c2ccc(Cl)cc2)C2CC2)NC1=O. The van der Waals surface area contributed by atoms with Crippen molar-refractivity contribution in [1.82, 2.24) is 15.0 Å². The third-order valence-electron chi connectivity index (χ3n) is 8.43. The number of pyridine rings is 1. The van der Waals surface area contributed by atoms with Gasteiger partial charge in [-0.2, -0.15) is 0 Å². The molecule has 11 heteroatoms. The van der Waals surface area contributed by atoms with Crippen LogP contribution >= 0.6 is 23.2 Å². The van der Waals surface area contributed by atoms with Crippen LogP contribution in [0.15, 0.2) is 73.1 Å². The number of aliphatic carboxylic acids is 1. The highest BCUT2D eigenvalue weighted by molar-refractivity contribution is 7.88. The molecule has 1 saturated heterocycles. The van der Waals surface area contributed by atoms with E-state index in [1.165, 1.54) is 6.20 Å². The highest BCUT2D eigenvalue weighted by Gasteiger charge is 2.53. The molecule has 4 unspecified atom stereocenters. The lowest BCUT2D eigenvalue weighted by Crippen LogP contribution is -2.58. The lowest BCUT2D eigenvalue weighted by molar-refractivity contribution is -0.147. The van der Waals surface area contributed by atoms with E-state index in [9.17, 15) is 23.1 Å². The van der Waals surface area contributed by atoms with E-state index in [4.69, 9.17) is 23.2 Å². The zero-order valence-electron chi connectivity index (χ0n) is 23.1. The van der Waals surface area contributed by atoms with Crippen LogP contribution in [0, 0.1) is 11.3 Å². The summed E-state index contributed by atoms with van der Waals surface area (Å²) in [7, 11) is -3.88. The third kappa shape index (κ3) is 6.80. The van der Waals surface area contributed by atoms with Gasteiger partial charge in [0.05, 0.1) is 23.1 Å². The minimum absolute atomic E-state index is 0.0217. The number of nitrogens with zero attached hydrogens (tertiary/aromatic N) is 1. The molecule has 222 valence electrons. The van der Waals surface area contributed by atoms with Crippen molar-refractivity contribution in [2.24, 2.45) is 11.3 Å². The first-order chi connectivity index (χ1) is 19.9. The van der Waals surface area contributed by atoms with Gasteiger partial charge in [-0.15, -0.1) is 0 Å². The number of carbonyl (C=O) groups is 2. The van der Waals surface area contributed by atoms with Crippen LogP contribution < -0.4 is 10.0 Å². The van der Waals surface area contributed by atoms with Crippen molar-refractivity contribution in [3.05, 3.63) is 99.8 Å². The average Bonchev–Trinajstić information content (AvgIpc) is 3.77. The molecule has 5 rings (SSSR count). The Kier molecular flexibility index (Phi) is 8.67. The Morgan fingerprint density at radius 2 is 1.86 bits per heavy atom. The Hall–Kier alpha value is -2.98. The fourth-order valence-corrected chi connectivity index (χ4v) is 8.25. The van der Waals surface area contributed by atoms with Gasteiger partial charge in [0.15, 0.2) is 0 Å². The Bertz CT molecular complexity index is 1570. The predicted molar refractivity (Wildman–Crippen MR) is 162 cm³/mol. The van der Waals surface area contributed by atoms with Gasteiger partial charge in [-0.05, 0) is 78.6 Å². The van der Waals surface area contributed by atoms with E-state index < -0.39 is 33.0 Å². The topological polar surface area (TPSA) is 125 Å². The first-order valence-corrected chi connectivity index (χ1v) is 16.2. The molecule has 2 heterocycles. The molecule has 2 aliphatic rings. The number of hydrogen-bond acceptors (Lipinski definition) is 5. The molecule has 1 aromatic heterocycles. The van der Waals surface area contributed by atoms with E-state index >= 15 is 0 Å². The van der Waals surface area contributed by atoms with Crippen molar-refractivity contribution in [2.75, 3.05) is 0 Å². The first kappa shape index (κ1) is 30.5. The van der Waals surface area contributed by atoms with Crippen LogP contribution in [-0.2, 0) is 30.9 Å². The number of nitrogens with one attached hydrogen (secondary N) is 2. The van der Waals surface area contributed by atoms with Crippen LogP contribution in [0.4, 0.5) is 0 Å². The molecule has 42 heavy (non-hydrogen) atoms.